The van der Waals surface area contributed by atoms with E-state index in [-0.39, 0.29) is 11.4 Å². The molecular formula is C13H15NO3S2. The molecule has 1 aromatic heterocycles. The molecule has 0 bridgehead atoms. The fraction of sp³-hybridized carbons (Fsp3) is 0.231. The number of benzene rings is 1. The largest absolute Gasteiger partial charge is 0.383 e. The lowest BCUT2D eigenvalue weighted by Crippen LogP contribution is -2.38. The van der Waals surface area contributed by atoms with Crippen molar-refractivity contribution in [1.82, 2.24) is 4.72 Å². The topological polar surface area (TPSA) is 66.4 Å². The van der Waals surface area contributed by atoms with Crippen LogP contribution in [0.5, 0.6) is 0 Å². The summed E-state index contributed by atoms with van der Waals surface area (Å²) < 4.78 is 26.5. The third-order valence-electron chi connectivity index (χ3n) is 2.71. The van der Waals surface area contributed by atoms with Gasteiger partial charge in [-0.05, 0) is 30.5 Å². The van der Waals surface area contributed by atoms with Crippen molar-refractivity contribution in [2.75, 3.05) is 6.54 Å². The summed E-state index contributed by atoms with van der Waals surface area (Å²) >= 11 is 1.39. The van der Waals surface area contributed by atoms with Crippen molar-refractivity contribution in [3.05, 3.63) is 52.7 Å². The molecule has 1 aromatic carbocycles. The first-order valence-electron chi connectivity index (χ1n) is 5.73. The Hall–Kier alpha value is -1.21. The average molecular weight is 297 g/mol. The Morgan fingerprint density at radius 3 is 2.47 bits per heavy atom. The summed E-state index contributed by atoms with van der Waals surface area (Å²) in [5, 5.41) is 12.1. The Morgan fingerprint density at radius 1 is 1.21 bits per heavy atom. The number of rotatable bonds is 5. The highest BCUT2D eigenvalue weighted by Gasteiger charge is 2.26. The third kappa shape index (κ3) is 3.42. The van der Waals surface area contributed by atoms with Gasteiger partial charge in [0.05, 0.1) is 4.90 Å². The zero-order chi connectivity index (χ0) is 13.9. The molecule has 0 saturated carbocycles. The molecule has 0 aliphatic heterocycles. The summed E-state index contributed by atoms with van der Waals surface area (Å²) in [7, 11) is -3.59. The molecule has 0 aliphatic rings. The molecule has 0 aliphatic carbocycles. The highest BCUT2D eigenvalue weighted by atomic mass is 32.2. The molecule has 0 spiro atoms. The van der Waals surface area contributed by atoms with Crippen molar-refractivity contribution in [2.24, 2.45) is 0 Å². The van der Waals surface area contributed by atoms with Gasteiger partial charge in [0.15, 0.2) is 0 Å². The molecule has 1 heterocycles. The van der Waals surface area contributed by atoms with E-state index in [2.05, 4.69) is 4.72 Å². The summed E-state index contributed by atoms with van der Waals surface area (Å²) in [4.78, 5) is 0.917. The van der Waals surface area contributed by atoms with Crippen LogP contribution in [0.1, 0.15) is 11.8 Å². The highest BCUT2D eigenvalue weighted by molar-refractivity contribution is 7.89. The van der Waals surface area contributed by atoms with E-state index in [0.717, 1.165) is 4.88 Å². The lowest BCUT2D eigenvalue weighted by Gasteiger charge is -2.22. The molecule has 0 unspecified atom stereocenters. The summed E-state index contributed by atoms with van der Waals surface area (Å²) in [6, 6.07) is 11.7. The van der Waals surface area contributed by atoms with E-state index in [9.17, 15) is 13.5 Å². The normalized spacial score (nSPS) is 15.1. The maximum Gasteiger partial charge on any atom is 0.240 e. The van der Waals surface area contributed by atoms with Gasteiger partial charge in [-0.25, -0.2) is 13.1 Å². The smallest absolute Gasteiger partial charge is 0.240 e. The standard InChI is InChI=1S/C13H15NO3S2/c1-13(15,12-8-5-9-18-12)10-14-19(16,17)11-6-3-2-4-7-11/h2-9,14-15H,10H2,1H3/t13-/m1/s1. The summed E-state index contributed by atoms with van der Waals surface area (Å²) in [6.07, 6.45) is 0. The maximum atomic E-state index is 12.0. The number of sulfonamides is 1. The molecule has 2 rings (SSSR count). The van der Waals surface area contributed by atoms with Gasteiger partial charge >= 0.3 is 0 Å². The van der Waals surface area contributed by atoms with Crippen LogP contribution in [0.25, 0.3) is 0 Å². The van der Waals surface area contributed by atoms with Crippen LogP contribution in [0.2, 0.25) is 0 Å². The number of thiophene rings is 1. The minimum atomic E-state index is -3.59. The van der Waals surface area contributed by atoms with Gasteiger partial charge in [0, 0.05) is 11.4 Å². The van der Waals surface area contributed by atoms with Crippen LogP contribution in [-0.2, 0) is 15.6 Å². The number of hydrogen-bond acceptors (Lipinski definition) is 4. The number of hydrogen-bond donors (Lipinski definition) is 2. The lowest BCUT2D eigenvalue weighted by molar-refractivity contribution is 0.0666. The van der Waals surface area contributed by atoms with E-state index in [1.165, 1.54) is 23.5 Å². The molecule has 0 saturated heterocycles. The molecule has 19 heavy (non-hydrogen) atoms. The fourth-order valence-electron chi connectivity index (χ4n) is 1.59. The van der Waals surface area contributed by atoms with E-state index in [4.69, 9.17) is 0 Å². The maximum absolute atomic E-state index is 12.0. The molecule has 2 N–H and O–H groups in total. The van der Waals surface area contributed by atoms with E-state index >= 15 is 0 Å². The lowest BCUT2D eigenvalue weighted by atomic mass is 10.1. The summed E-state index contributed by atoms with van der Waals surface area (Å²) in [5.41, 5.74) is -1.21. The van der Waals surface area contributed by atoms with E-state index in [0.29, 0.717) is 0 Å². The molecule has 0 fully saturated rings. The Kier molecular flexibility index (Phi) is 4.05. The minimum absolute atomic E-state index is 0.0647. The Labute approximate surface area is 116 Å². The van der Waals surface area contributed by atoms with Gasteiger partial charge < -0.3 is 5.11 Å². The third-order valence-corrected chi connectivity index (χ3v) is 5.25. The molecular weight excluding hydrogens is 282 g/mol. The van der Waals surface area contributed by atoms with Gasteiger partial charge in [-0.1, -0.05) is 24.3 Å². The summed E-state index contributed by atoms with van der Waals surface area (Å²) in [6.45, 7) is 1.52. The van der Waals surface area contributed by atoms with Gasteiger partial charge in [0.1, 0.15) is 5.60 Å². The van der Waals surface area contributed by atoms with Crippen molar-refractivity contribution in [3.8, 4) is 0 Å². The Balaban J connectivity index is 2.11. The van der Waals surface area contributed by atoms with Gasteiger partial charge in [0.2, 0.25) is 10.0 Å². The average Bonchev–Trinajstić information content (AvgIpc) is 2.93. The van der Waals surface area contributed by atoms with Gasteiger partial charge in [-0.15, -0.1) is 11.3 Å². The van der Waals surface area contributed by atoms with Crippen molar-refractivity contribution in [2.45, 2.75) is 17.4 Å². The van der Waals surface area contributed by atoms with Crippen molar-refractivity contribution >= 4 is 21.4 Å². The van der Waals surface area contributed by atoms with Crippen LogP contribution in [0.15, 0.2) is 52.7 Å². The minimum Gasteiger partial charge on any atom is -0.383 e. The first kappa shape index (κ1) is 14.2. The van der Waals surface area contributed by atoms with E-state index < -0.39 is 15.6 Å². The molecule has 102 valence electrons. The number of nitrogens with one attached hydrogen (secondary N) is 1. The molecule has 2 aromatic rings. The van der Waals surface area contributed by atoms with Crippen molar-refractivity contribution in [1.29, 1.82) is 0 Å². The fourth-order valence-corrected chi connectivity index (χ4v) is 3.53. The molecule has 6 heteroatoms. The molecule has 4 nitrogen and oxygen atoms in total. The van der Waals surface area contributed by atoms with Crippen LogP contribution >= 0.6 is 11.3 Å². The first-order chi connectivity index (χ1) is 8.92. The zero-order valence-electron chi connectivity index (χ0n) is 10.4. The SMILES string of the molecule is C[C@@](O)(CNS(=O)(=O)c1ccccc1)c1cccs1. The quantitative estimate of drug-likeness (QED) is 0.886. The van der Waals surface area contributed by atoms with E-state index in [1.807, 2.05) is 11.4 Å². The van der Waals surface area contributed by atoms with Crippen LogP contribution in [0, 0.1) is 0 Å². The van der Waals surface area contributed by atoms with Crippen LogP contribution in [0.3, 0.4) is 0 Å². The van der Waals surface area contributed by atoms with Crippen molar-refractivity contribution < 1.29 is 13.5 Å². The first-order valence-corrected chi connectivity index (χ1v) is 8.09. The van der Waals surface area contributed by atoms with Crippen molar-refractivity contribution in [3.63, 3.8) is 0 Å². The van der Waals surface area contributed by atoms with Gasteiger partial charge in [-0.2, -0.15) is 0 Å². The second-order valence-electron chi connectivity index (χ2n) is 4.39. The van der Waals surface area contributed by atoms with Crippen LogP contribution < -0.4 is 4.72 Å². The summed E-state index contributed by atoms with van der Waals surface area (Å²) in [5.74, 6) is 0. The molecule has 1 atom stereocenters. The van der Waals surface area contributed by atoms with Crippen LogP contribution in [-0.4, -0.2) is 20.1 Å². The molecule has 0 amide bonds. The monoisotopic (exact) mass is 297 g/mol. The predicted octanol–water partition coefficient (Wildman–Crippen LogP) is 1.93. The van der Waals surface area contributed by atoms with Gasteiger partial charge in [0.25, 0.3) is 0 Å². The van der Waals surface area contributed by atoms with E-state index in [1.54, 1.807) is 31.2 Å². The number of aliphatic hydroxyl groups is 1. The Bertz CT molecular complexity index is 619. The second-order valence-corrected chi connectivity index (χ2v) is 7.10. The zero-order valence-corrected chi connectivity index (χ0v) is 12.0. The molecule has 0 radical (unpaired) electrons. The van der Waals surface area contributed by atoms with Crippen LogP contribution in [0.4, 0.5) is 0 Å². The van der Waals surface area contributed by atoms with Gasteiger partial charge in [-0.3, -0.25) is 0 Å². The second kappa shape index (κ2) is 5.42. The highest BCUT2D eigenvalue weighted by Crippen LogP contribution is 2.24. The predicted molar refractivity (Wildman–Crippen MR) is 75.5 cm³/mol. The Morgan fingerprint density at radius 2 is 1.89 bits per heavy atom.